The molecule has 0 amide bonds. The molecule has 0 unspecified atom stereocenters. The van der Waals surface area contributed by atoms with Crippen molar-refractivity contribution in [2.75, 3.05) is 0 Å². The van der Waals surface area contributed by atoms with E-state index < -0.39 is 0 Å². The van der Waals surface area contributed by atoms with Crippen molar-refractivity contribution in [1.29, 1.82) is 5.41 Å². The molecule has 0 heterocycles. The van der Waals surface area contributed by atoms with Crippen molar-refractivity contribution >= 4 is 6.21 Å². The zero-order valence-electron chi connectivity index (χ0n) is 5.78. The SMILES string of the molecule is C=C(C=N)C(C)(C)C. The fraction of sp³-hybridized carbons (Fsp3) is 0.571. The first-order valence-electron chi connectivity index (χ1n) is 2.68. The molecular formula is C7H13N. The van der Waals surface area contributed by atoms with Gasteiger partial charge in [-0.3, -0.25) is 0 Å². The molecule has 0 fully saturated rings. The Labute approximate surface area is 50.9 Å². The molecule has 8 heavy (non-hydrogen) atoms. The molecule has 0 aromatic rings. The Hall–Kier alpha value is -0.590. The summed E-state index contributed by atoms with van der Waals surface area (Å²) in [5.74, 6) is 0. The van der Waals surface area contributed by atoms with E-state index in [0.29, 0.717) is 0 Å². The van der Waals surface area contributed by atoms with Crippen LogP contribution >= 0.6 is 0 Å². The van der Waals surface area contributed by atoms with Crippen LogP contribution in [0.25, 0.3) is 0 Å². The number of nitrogens with one attached hydrogen (secondary N) is 1. The third-order valence-corrected chi connectivity index (χ3v) is 1.14. The van der Waals surface area contributed by atoms with Gasteiger partial charge in [0.25, 0.3) is 0 Å². The van der Waals surface area contributed by atoms with Gasteiger partial charge in [0.1, 0.15) is 0 Å². The van der Waals surface area contributed by atoms with Crippen molar-refractivity contribution in [3.8, 4) is 0 Å². The van der Waals surface area contributed by atoms with Crippen LogP contribution in [-0.2, 0) is 0 Å². The van der Waals surface area contributed by atoms with E-state index in [1.165, 1.54) is 6.21 Å². The maximum atomic E-state index is 6.84. The first kappa shape index (κ1) is 7.41. The Morgan fingerprint density at radius 2 is 1.88 bits per heavy atom. The van der Waals surface area contributed by atoms with Gasteiger partial charge in [0.05, 0.1) is 0 Å². The van der Waals surface area contributed by atoms with E-state index in [1.807, 2.05) is 20.8 Å². The number of hydrogen-bond donors (Lipinski definition) is 1. The molecule has 0 spiro atoms. The quantitative estimate of drug-likeness (QED) is 0.502. The largest absolute Gasteiger partial charge is 0.308 e. The van der Waals surface area contributed by atoms with Crippen LogP contribution in [0.1, 0.15) is 20.8 Å². The predicted molar refractivity (Wildman–Crippen MR) is 37.4 cm³/mol. The van der Waals surface area contributed by atoms with Crippen LogP contribution in [0, 0.1) is 10.8 Å². The van der Waals surface area contributed by atoms with Crippen LogP contribution in [0.4, 0.5) is 0 Å². The highest BCUT2D eigenvalue weighted by Crippen LogP contribution is 2.20. The summed E-state index contributed by atoms with van der Waals surface area (Å²) in [5.41, 5.74) is 0.944. The molecule has 1 nitrogen and oxygen atoms in total. The molecule has 0 aromatic carbocycles. The highest BCUT2D eigenvalue weighted by Gasteiger charge is 2.11. The predicted octanol–water partition coefficient (Wildman–Crippen LogP) is 2.24. The summed E-state index contributed by atoms with van der Waals surface area (Å²) in [7, 11) is 0. The molecule has 0 aromatic heterocycles. The molecule has 0 aliphatic carbocycles. The Bertz CT molecular complexity index is 106. The average molecular weight is 111 g/mol. The third-order valence-electron chi connectivity index (χ3n) is 1.14. The van der Waals surface area contributed by atoms with E-state index in [1.54, 1.807) is 0 Å². The van der Waals surface area contributed by atoms with Crippen LogP contribution in [0.3, 0.4) is 0 Å². The molecular weight excluding hydrogens is 98.1 g/mol. The zero-order chi connectivity index (χ0) is 6.78. The molecule has 1 N–H and O–H groups in total. The van der Waals surface area contributed by atoms with E-state index in [2.05, 4.69) is 6.58 Å². The maximum absolute atomic E-state index is 6.84. The van der Waals surface area contributed by atoms with Gasteiger partial charge in [0, 0.05) is 6.21 Å². The lowest BCUT2D eigenvalue weighted by Crippen LogP contribution is -2.08. The van der Waals surface area contributed by atoms with Crippen molar-refractivity contribution in [3.05, 3.63) is 12.2 Å². The first-order valence-corrected chi connectivity index (χ1v) is 2.68. The summed E-state index contributed by atoms with van der Waals surface area (Å²) in [6, 6.07) is 0. The van der Waals surface area contributed by atoms with Gasteiger partial charge < -0.3 is 5.41 Å². The van der Waals surface area contributed by atoms with Gasteiger partial charge in [0.15, 0.2) is 0 Å². The lowest BCUT2D eigenvalue weighted by atomic mass is 9.88. The molecule has 0 saturated carbocycles. The highest BCUT2D eigenvalue weighted by atomic mass is 14.3. The fourth-order valence-electron chi connectivity index (χ4n) is 0.217. The minimum atomic E-state index is 0.0712. The second kappa shape index (κ2) is 2.12. The van der Waals surface area contributed by atoms with Gasteiger partial charge in [-0.15, -0.1) is 0 Å². The third kappa shape index (κ3) is 1.92. The summed E-state index contributed by atoms with van der Waals surface area (Å²) in [4.78, 5) is 0. The summed E-state index contributed by atoms with van der Waals surface area (Å²) in [6.45, 7) is 9.83. The molecule has 0 rings (SSSR count). The first-order chi connectivity index (χ1) is 3.48. The van der Waals surface area contributed by atoms with Gasteiger partial charge in [-0.25, -0.2) is 0 Å². The summed E-state index contributed by atoms with van der Waals surface area (Å²) < 4.78 is 0. The monoisotopic (exact) mass is 111 g/mol. The van der Waals surface area contributed by atoms with Crippen molar-refractivity contribution in [3.63, 3.8) is 0 Å². The Morgan fingerprint density at radius 3 is 1.88 bits per heavy atom. The van der Waals surface area contributed by atoms with Crippen molar-refractivity contribution in [2.24, 2.45) is 5.41 Å². The lowest BCUT2D eigenvalue weighted by Gasteiger charge is -2.16. The van der Waals surface area contributed by atoms with Crippen LogP contribution < -0.4 is 0 Å². The van der Waals surface area contributed by atoms with Gasteiger partial charge in [-0.1, -0.05) is 27.4 Å². The molecule has 0 atom stereocenters. The molecule has 0 aliphatic rings. The lowest BCUT2D eigenvalue weighted by molar-refractivity contribution is 0.528. The van der Waals surface area contributed by atoms with E-state index in [4.69, 9.17) is 5.41 Å². The van der Waals surface area contributed by atoms with E-state index in [-0.39, 0.29) is 5.41 Å². The molecule has 46 valence electrons. The topological polar surface area (TPSA) is 23.9 Å². The minimum Gasteiger partial charge on any atom is -0.308 e. The number of rotatable bonds is 1. The Kier molecular flexibility index (Phi) is 1.96. The van der Waals surface area contributed by atoms with Crippen LogP contribution in [-0.4, -0.2) is 6.21 Å². The highest BCUT2D eigenvalue weighted by molar-refractivity contribution is 5.76. The van der Waals surface area contributed by atoms with Crippen LogP contribution in [0.5, 0.6) is 0 Å². The normalized spacial score (nSPS) is 10.9. The van der Waals surface area contributed by atoms with E-state index in [9.17, 15) is 0 Å². The molecule has 0 saturated heterocycles. The molecule has 0 aliphatic heterocycles. The summed E-state index contributed by atoms with van der Waals surface area (Å²) >= 11 is 0. The second-order valence-corrected chi connectivity index (χ2v) is 2.92. The fourth-order valence-corrected chi connectivity index (χ4v) is 0.217. The van der Waals surface area contributed by atoms with Gasteiger partial charge in [0.2, 0.25) is 0 Å². The molecule has 0 radical (unpaired) electrons. The van der Waals surface area contributed by atoms with Gasteiger partial charge in [-0.2, -0.15) is 0 Å². The van der Waals surface area contributed by atoms with Gasteiger partial charge in [-0.05, 0) is 11.0 Å². The van der Waals surface area contributed by atoms with Crippen molar-refractivity contribution < 1.29 is 0 Å². The molecule has 0 bridgehead atoms. The Morgan fingerprint density at radius 1 is 1.50 bits per heavy atom. The zero-order valence-corrected chi connectivity index (χ0v) is 5.78. The average Bonchev–Trinajstić information content (AvgIpc) is 1.62. The van der Waals surface area contributed by atoms with Crippen molar-refractivity contribution in [2.45, 2.75) is 20.8 Å². The van der Waals surface area contributed by atoms with E-state index in [0.717, 1.165) is 5.57 Å². The summed E-state index contributed by atoms with van der Waals surface area (Å²) in [6.07, 6.45) is 1.31. The number of hydrogen-bond acceptors (Lipinski definition) is 1. The van der Waals surface area contributed by atoms with Crippen molar-refractivity contribution in [1.82, 2.24) is 0 Å². The smallest absolute Gasteiger partial charge is 0.0209 e. The van der Waals surface area contributed by atoms with Crippen LogP contribution in [0.2, 0.25) is 0 Å². The second-order valence-electron chi connectivity index (χ2n) is 2.92. The van der Waals surface area contributed by atoms with Crippen LogP contribution in [0.15, 0.2) is 12.2 Å². The standard InChI is InChI=1S/C7H13N/c1-6(5-8)7(2,3)4/h5,8H,1H2,2-4H3. The van der Waals surface area contributed by atoms with Gasteiger partial charge >= 0.3 is 0 Å². The number of allylic oxidation sites excluding steroid dienone is 1. The van der Waals surface area contributed by atoms with E-state index >= 15 is 0 Å². The Balaban J connectivity index is 4.02. The molecule has 1 heteroatoms. The summed E-state index contributed by atoms with van der Waals surface area (Å²) in [5, 5.41) is 6.84. The maximum Gasteiger partial charge on any atom is 0.0209 e. The minimum absolute atomic E-state index is 0.0712.